The number of hydrogen-bond acceptors (Lipinski definition) is 2. The third kappa shape index (κ3) is 3.09. The van der Waals surface area contributed by atoms with E-state index in [2.05, 4.69) is 12.1 Å². The highest BCUT2D eigenvalue weighted by atomic mass is 32.2. The van der Waals surface area contributed by atoms with Crippen LogP contribution < -0.4 is 0 Å². The van der Waals surface area contributed by atoms with E-state index in [9.17, 15) is 8.42 Å². The lowest BCUT2D eigenvalue weighted by molar-refractivity contribution is 0.453. The molecule has 0 radical (unpaired) electrons. The van der Waals surface area contributed by atoms with Gasteiger partial charge in [0.2, 0.25) is 10.0 Å². The quantitative estimate of drug-likeness (QED) is 0.844. The predicted octanol–water partition coefficient (Wildman–Crippen LogP) is 3.65. The molecule has 0 aliphatic carbocycles. The van der Waals surface area contributed by atoms with Crippen molar-refractivity contribution in [3.63, 3.8) is 0 Å². The fraction of sp³-hybridized carbons (Fsp3) is 0.263. The van der Waals surface area contributed by atoms with Gasteiger partial charge in [0.1, 0.15) is 0 Å². The summed E-state index contributed by atoms with van der Waals surface area (Å²) in [5.74, 6) is 0. The van der Waals surface area contributed by atoms with Crippen LogP contribution in [0.5, 0.6) is 0 Å². The molecule has 2 aromatic rings. The Morgan fingerprint density at radius 1 is 1.04 bits per heavy atom. The maximum Gasteiger partial charge on any atom is 0.243 e. The highest BCUT2D eigenvalue weighted by Gasteiger charge is 2.28. The molecule has 0 saturated heterocycles. The summed E-state index contributed by atoms with van der Waals surface area (Å²) in [5, 5.41) is 0. The van der Waals surface area contributed by atoms with Crippen LogP contribution in [0, 0.1) is 6.92 Å². The SMILES string of the molecule is C/C=C1/CN(S(=O)(=O)c2ccc(C)cc2)CCc2ccccc21. The van der Waals surface area contributed by atoms with Crippen LogP contribution in [0.1, 0.15) is 23.6 Å². The Morgan fingerprint density at radius 3 is 2.43 bits per heavy atom. The lowest BCUT2D eigenvalue weighted by Gasteiger charge is -2.21. The Bertz CT molecular complexity index is 836. The Hall–Kier alpha value is -1.91. The zero-order valence-corrected chi connectivity index (χ0v) is 14.3. The summed E-state index contributed by atoms with van der Waals surface area (Å²) in [6.45, 7) is 4.85. The summed E-state index contributed by atoms with van der Waals surface area (Å²) >= 11 is 0. The largest absolute Gasteiger partial charge is 0.243 e. The molecule has 0 N–H and O–H groups in total. The van der Waals surface area contributed by atoms with Gasteiger partial charge in [-0.15, -0.1) is 0 Å². The van der Waals surface area contributed by atoms with Crippen LogP contribution in [0.25, 0.3) is 5.57 Å². The molecule has 1 heterocycles. The molecule has 120 valence electrons. The minimum absolute atomic E-state index is 0.365. The topological polar surface area (TPSA) is 37.4 Å². The Kier molecular flexibility index (Phi) is 4.37. The molecule has 0 spiro atoms. The van der Waals surface area contributed by atoms with Crippen molar-refractivity contribution < 1.29 is 8.42 Å². The summed E-state index contributed by atoms with van der Waals surface area (Å²) in [6.07, 6.45) is 2.75. The molecule has 1 aliphatic rings. The van der Waals surface area contributed by atoms with Gasteiger partial charge in [-0.1, -0.05) is 48.0 Å². The number of hydrogen-bond donors (Lipinski definition) is 0. The fourth-order valence-electron chi connectivity index (χ4n) is 2.96. The first kappa shape index (κ1) is 16.0. The van der Waals surface area contributed by atoms with E-state index in [4.69, 9.17) is 0 Å². The summed E-state index contributed by atoms with van der Waals surface area (Å²) in [4.78, 5) is 0.365. The van der Waals surface area contributed by atoms with Gasteiger partial charge in [-0.3, -0.25) is 0 Å². The van der Waals surface area contributed by atoms with Crippen molar-refractivity contribution in [1.29, 1.82) is 0 Å². The van der Waals surface area contributed by atoms with E-state index < -0.39 is 10.0 Å². The first-order valence-corrected chi connectivity index (χ1v) is 9.26. The summed E-state index contributed by atoms with van der Waals surface area (Å²) < 4.78 is 27.5. The Morgan fingerprint density at radius 2 is 1.74 bits per heavy atom. The predicted molar refractivity (Wildman–Crippen MR) is 93.7 cm³/mol. The van der Waals surface area contributed by atoms with Gasteiger partial charge in [-0.25, -0.2) is 8.42 Å². The fourth-order valence-corrected chi connectivity index (χ4v) is 4.38. The monoisotopic (exact) mass is 327 g/mol. The van der Waals surface area contributed by atoms with Gasteiger partial charge >= 0.3 is 0 Å². The van der Waals surface area contributed by atoms with E-state index in [0.717, 1.165) is 23.1 Å². The maximum atomic E-state index is 13.0. The molecule has 4 heteroatoms. The zero-order chi connectivity index (χ0) is 16.4. The molecule has 1 aliphatic heterocycles. The van der Waals surface area contributed by atoms with Crippen molar-refractivity contribution in [2.45, 2.75) is 25.2 Å². The van der Waals surface area contributed by atoms with E-state index in [1.165, 1.54) is 5.56 Å². The van der Waals surface area contributed by atoms with Crippen LogP contribution in [0.4, 0.5) is 0 Å². The van der Waals surface area contributed by atoms with Crippen LogP contribution in [-0.4, -0.2) is 25.8 Å². The second kappa shape index (κ2) is 6.30. The number of fused-ring (bicyclic) bond motifs is 1. The summed E-state index contributed by atoms with van der Waals surface area (Å²) in [6, 6.07) is 15.2. The first-order valence-electron chi connectivity index (χ1n) is 7.82. The van der Waals surface area contributed by atoms with E-state index in [1.807, 2.05) is 44.2 Å². The highest BCUT2D eigenvalue weighted by molar-refractivity contribution is 7.89. The first-order chi connectivity index (χ1) is 11.0. The smallest absolute Gasteiger partial charge is 0.207 e. The lowest BCUT2D eigenvalue weighted by Crippen LogP contribution is -2.33. The van der Waals surface area contributed by atoms with Crippen molar-refractivity contribution in [1.82, 2.24) is 4.31 Å². The number of rotatable bonds is 2. The molecule has 3 nitrogen and oxygen atoms in total. The third-order valence-electron chi connectivity index (χ3n) is 4.35. The minimum Gasteiger partial charge on any atom is -0.207 e. The summed E-state index contributed by atoms with van der Waals surface area (Å²) in [5.41, 5.74) is 4.49. The molecule has 2 aromatic carbocycles. The molecule has 0 atom stereocenters. The van der Waals surface area contributed by atoms with Crippen LogP contribution >= 0.6 is 0 Å². The van der Waals surface area contributed by atoms with E-state index in [1.54, 1.807) is 16.4 Å². The van der Waals surface area contributed by atoms with Crippen molar-refractivity contribution in [3.05, 3.63) is 71.3 Å². The second-order valence-corrected chi connectivity index (χ2v) is 7.81. The van der Waals surface area contributed by atoms with Crippen molar-refractivity contribution in [3.8, 4) is 0 Å². The van der Waals surface area contributed by atoms with Gasteiger partial charge in [0.15, 0.2) is 0 Å². The van der Waals surface area contributed by atoms with Gasteiger partial charge in [0.05, 0.1) is 4.90 Å². The Balaban J connectivity index is 1.98. The van der Waals surface area contributed by atoms with E-state index in [-0.39, 0.29) is 0 Å². The third-order valence-corrected chi connectivity index (χ3v) is 6.21. The number of nitrogens with zero attached hydrogens (tertiary/aromatic N) is 1. The minimum atomic E-state index is -3.47. The maximum absolute atomic E-state index is 13.0. The van der Waals surface area contributed by atoms with E-state index >= 15 is 0 Å². The number of allylic oxidation sites excluding steroid dienone is 1. The molecule has 0 aromatic heterocycles. The Labute approximate surface area is 138 Å². The molecule has 0 amide bonds. The lowest BCUT2D eigenvalue weighted by atomic mass is 9.99. The molecular weight excluding hydrogens is 306 g/mol. The van der Waals surface area contributed by atoms with Crippen LogP contribution in [-0.2, 0) is 16.4 Å². The number of aryl methyl sites for hydroxylation is 1. The van der Waals surface area contributed by atoms with E-state index in [0.29, 0.717) is 18.0 Å². The second-order valence-electron chi connectivity index (χ2n) is 5.87. The van der Waals surface area contributed by atoms with Crippen molar-refractivity contribution in [2.75, 3.05) is 13.1 Å². The normalized spacial score (nSPS) is 17.7. The average molecular weight is 327 g/mol. The molecule has 0 fully saturated rings. The van der Waals surface area contributed by atoms with Gasteiger partial charge in [0, 0.05) is 13.1 Å². The van der Waals surface area contributed by atoms with Gasteiger partial charge < -0.3 is 0 Å². The van der Waals surface area contributed by atoms with Crippen molar-refractivity contribution >= 4 is 15.6 Å². The number of benzene rings is 2. The molecule has 0 bridgehead atoms. The highest BCUT2D eigenvalue weighted by Crippen LogP contribution is 2.28. The molecular formula is C19H21NO2S. The zero-order valence-electron chi connectivity index (χ0n) is 13.5. The van der Waals surface area contributed by atoms with Crippen LogP contribution in [0.2, 0.25) is 0 Å². The van der Waals surface area contributed by atoms with Gasteiger partial charge in [-0.05, 0) is 49.1 Å². The molecule has 0 saturated carbocycles. The molecule has 0 unspecified atom stereocenters. The van der Waals surface area contributed by atoms with Gasteiger partial charge in [-0.2, -0.15) is 4.31 Å². The standard InChI is InChI=1S/C19H21NO2S/c1-3-16-14-20(13-12-17-6-4-5-7-19(16)17)23(21,22)18-10-8-15(2)9-11-18/h3-11H,12-14H2,1-2H3/b16-3-. The number of sulfonamides is 1. The van der Waals surface area contributed by atoms with Crippen LogP contribution in [0.15, 0.2) is 59.5 Å². The van der Waals surface area contributed by atoms with Crippen molar-refractivity contribution in [2.24, 2.45) is 0 Å². The molecule has 3 rings (SSSR count). The molecule has 23 heavy (non-hydrogen) atoms. The summed E-state index contributed by atoms with van der Waals surface area (Å²) in [7, 11) is -3.47. The average Bonchev–Trinajstić information content (AvgIpc) is 2.75. The van der Waals surface area contributed by atoms with Gasteiger partial charge in [0.25, 0.3) is 0 Å². The van der Waals surface area contributed by atoms with Crippen LogP contribution in [0.3, 0.4) is 0 Å².